The minimum atomic E-state index is -0.903. The smallest absolute Gasteiger partial charge is 0.317 e. The lowest BCUT2D eigenvalue weighted by Gasteiger charge is -2.16. The molecular weight excluding hydrogens is 244 g/mol. The van der Waals surface area contributed by atoms with Crippen molar-refractivity contribution in [2.45, 2.75) is 19.8 Å². The Bertz CT molecular complexity index is 429. The number of benzene rings is 1. The SMILES string of the molecule is Cc1ccc(CCNC(=O)N(C)CCC(=O)O)cc1. The highest BCUT2D eigenvalue weighted by Crippen LogP contribution is 2.03. The van der Waals surface area contributed by atoms with Crippen LogP contribution >= 0.6 is 0 Å². The molecule has 2 N–H and O–H groups in total. The number of carboxylic acids is 1. The summed E-state index contributed by atoms with van der Waals surface area (Å²) in [7, 11) is 1.59. The number of amides is 2. The van der Waals surface area contributed by atoms with Crippen molar-refractivity contribution < 1.29 is 14.7 Å². The Hall–Kier alpha value is -2.04. The summed E-state index contributed by atoms with van der Waals surface area (Å²) in [5, 5.41) is 11.3. The number of urea groups is 1. The molecule has 0 radical (unpaired) electrons. The van der Waals surface area contributed by atoms with E-state index in [4.69, 9.17) is 5.11 Å². The monoisotopic (exact) mass is 264 g/mol. The molecule has 0 aliphatic carbocycles. The molecule has 5 nitrogen and oxygen atoms in total. The second-order valence-corrected chi connectivity index (χ2v) is 4.53. The van der Waals surface area contributed by atoms with Gasteiger partial charge in [-0.25, -0.2) is 4.79 Å². The van der Waals surface area contributed by atoms with Crippen LogP contribution in [-0.2, 0) is 11.2 Å². The molecule has 2 amide bonds. The van der Waals surface area contributed by atoms with E-state index in [0.717, 1.165) is 6.42 Å². The molecule has 0 fully saturated rings. The lowest BCUT2D eigenvalue weighted by molar-refractivity contribution is -0.137. The number of nitrogens with one attached hydrogen (secondary N) is 1. The fourth-order valence-electron chi connectivity index (χ4n) is 1.57. The maximum Gasteiger partial charge on any atom is 0.317 e. The quantitative estimate of drug-likeness (QED) is 0.821. The van der Waals surface area contributed by atoms with Gasteiger partial charge in [0.25, 0.3) is 0 Å². The molecule has 0 saturated carbocycles. The van der Waals surface area contributed by atoms with Gasteiger partial charge in [0, 0.05) is 20.1 Å². The van der Waals surface area contributed by atoms with Crippen LogP contribution in [0.4, 0.5) is 4.79 Å². The van der Waals surface area contributed by atoms with Gasteiger partial charge in [0.15, 0.2) is 0 Å². The van der Waals surface area contributed by atoms with Crippen LogP contribution in [0.15, 0.2) is 24.3 Å². The van der Waals surface area contributed by atoms with Crippen molar-refractivity contribution in [3.8, 4) is 0 Å². The number of carbonyl (C=O) groups is 2. The lowest BCUT2D eigenvalue weighted by Crippen LogP contribution is -2.39. The average molecular weight is 264 g/mol. The molecule has 0 spiro atoms. The maximum atomic E-state index is 11.6. The van der Waals surface area contributed by atoms with Crippen molar-refractivity contribution in [2.24, 2.45) is 0 Å². The molecule has 0 aliphatic rings. The summed E-state index contributed by atoms with van der Waals surface area (Å²) < 4.78 is 0. The van der Waals surface area contributed by atoms with Crippen molar-refractivity contribution in [1.82, 2.24) is 10.2 Å². The molecule has 5 heteroatoms. The Labute approximate surface area is 113 Å². The van der Waals surface area contributed by atoms with Gasteiger partial charge in [-0.05, 0) is 18.9 Å². The van der Waals surface area contributed by atoms with E-state index >= 15 is 0 Å². The zero-order valence-corrected chi connectivity index (χ0v) is 11.3. The minimum absolute atomic E-state index is 0.0398. The Morgan fingerprint density at radius 2 is 1.89 bits per heavy atom. The van der Waals surface area contributed by atoms with Crippen LogP contribution in [0.2, 0.25) is 0 Å². The van der Waals surface area contributed by atoms with Crippen molar-refractivity contribution in [1.29, 1.82) is 0 Å². The van der Waals surface area contributed by atoms with Gasteiger partial charge in [-0.3, -0.25) is 4.79 Å². The Morgan fingerprint density at radius 3 is 2.47 bits per heavy atom. The van der Waals surface area contributed by atoms with Crippen molar-refractivity contribution in [3.05, 3.63) is 35.4 Å². The summed E-state index contributed by atoms with van der Waals surface area (Å²) in [5.74, 6) is -0.903. The molecule has 0 aliphatic heterocycles. The first-order valence-electron chi connectivity index (χ1n) is 6.25. The Balaban J connectivity index is 2.26. The topological polar surface area (TPSA) is 69.6 Å². The first-order valence-corrected chi connectivity index (χ1v) is 6.25. The Kier molecular flexibility index (Phi) is 5.85. The third kappa shape index (κ3) is 5.90. The van der Waals surface area contributed by atoms with Gasteiger partial charge >= 0.3 is 12.0 Å². The normalized spacial score (nSPS) is 10.0. The van der Waals surface area contributed by atoms with E-state index in [-0.39, 0.29) is 19.0 Å². The fourth-order valence-corrected chi connectivity index (χ4v) is 1.57. The highest BCUT2D eigenvalue weighted by atomic mass is 16.4. The van der Waals surface area contributed by atoms with E-state index in [1.54, 1.807) is 7.05 Å². The molecule has 0 aromatic heterocycles. The first kappa shape index (κ1) is 15.0. The van der Waals surface area contributed by atoms with E-state index in [9.17, 15) is 9.59 Å². The molecule has 19 heavy (non-hydrogen) atoms. The van der Waals surface area contributed by atoms with Gasteiger partial charge < -0.3 is 15.3 Å². The third-order valence-electron chi connectivity index (χ3n) is 2.82. The number of carbonyl (C=O) groups excluding carboxylic acids is 1. The molecule has 0 heterocycles. The number of hydrogen-bond donors (Lipinski definition) is 2. The van der Waals surface area contributed by atoms with Crippen molar-refractivity contribution >= 4 is 12.0 Å². The fraction of sp³-hybridized carbons (Fsp3) is 0.429. The average Bonchev–Trinajstić information content (AvgIpc) is 2.38. The van der Waals surface area contributed by atoms with Gasteiger partial charge in [-0.2, -0.15) is 0 Å². The number of carboxylic acid groups (broad SMARTS) is 1. The second kappa shape index (κ2) is 7.41. The van der Waals surface area contributed by atoms with Gasteiger partial charge in [-0.1, -0.05) is 29.8 Å². The maximum absolute atomic E-state index is 11.6. The van der Waals surface area contributed by atoms with Gasteiger partial charge in [-0.15, -0.1) is 0 Å². The molecule has 104 valence electrons. The minimum Gasteiger partial charge on any atom is -0.481 e. The zero-order valence-electron chi connectivity index (χ0n) is 11.3. The molecule has 0 saturated heterocycles. The van der Waals surface area contributed by atoms with Crippen molar-refractivity contribution in [2.75, 3.05) is 20.1 Å². The highest BCUT2D eigenvalue weighted by Gasteiger charge is 2.09. The molecule has 1 aromatic rings. The molecular formula is C14H20N2O3. The number of aliphatic carboxylic acids is 1. The van der Waals surface area contributed by atoms with Crippen molar-refractivity contribution in [3.63, 3.8) is 0 Å². The number of hydrogen-bond acceptors (Lipinski definition) is 2. The highest BCUT2D eigenvalue weighted by molar-refractivity contribution is 5.74. The lowest BCUT2D eigenvalue weighted by atomic mass is 10.1. The Morgan fingerprint density at radius 1 is 1.26 bits per heavy atom. The summed E-state index contributed by atoms with van der Waals surface area (Å²) in [6, 6.07) is 7.91. The summed E-state index contributed by atoms with van der Waals surface area (Å²) >= 11 is 0. The third-order valence-corrected chi connectivity index (χ3v) is 2.82. The van der Waals surface area contributed by atoms with Gasteiger partial charge in [0.2, 0.25) is 0 Å². The van der Waals surface area contributed by atoms with Crippen LogP contribution in [0.1, 0.15) is 17.5 Å². The molecule has 1 aromatic carbocycles. The van der Waals surface area contributed by atoms with E-state index in [1.807, 2.05) is 31.2 Å². The molecule has 0 unspecified atom stereocenters. The van der Waals surface area contributed by atoms with Crippen LogP contribution in [0.5, 0.6) is 0 Å². The summed E-state index contributed by atoms with van der Waals surface area (Å²) in [6.45, 7) is 2.79. The predicted octanol–water partition coefficient (Wildman–Crippen LogP) is 1.65. The summed E-state index contributed by atoms with van der Waals surface area (Å²) in [5.41, 5.74) is 2.38. The van der Waals surface area contributed by atoms with Crippen LogP contribution in [-0.4, -0.2) is 42.1 Å². The zero-order chi connectivity index (χ0) is 14.3. The second-order valence-electron chi connectivity index (χ2n) is 4.53. The van der Waals surface area contributed by atoms with E-state index in [1.165, 1.54) is 16.0 Å². The van der Waals surface area contributed by atoms with Crippen LogP contribution in [0.25, 0.3) is 0 Å². The number of rotatable bonds is 6. The standard InChI is InChI=1S/C14H20N2O3/c1-11-3-5-12(6-4-11)7-9-15-14(19)16(2)10-8-13(17)18/h3-6H,7-10H2,1-2H3,(H,15,19)(H,17,18). The first-order chi connectivity index (χ1) is 8.99. The van der Waals surface area contributed by atoms with E-state index in [2.05, 4.69) is 5.32 Å². The van der Waals surface area contributed by atoms with E-state index < -0.39 is 5.97 Å². The molecule has 1 rings (SSSR count). The number of aryl methyl sites for hydroxylation is 1. The molecule has 0 atom stereocenters. The summed E-state index contributed by atoms with van der Waals surface area (Å²) in [6.07, 6.45) is 0.723. The molecule has 0 bridgehead atoms. The van der Waals surface area contributed by atoms with Gasteiger partial charge in [0.05, 0.1) is 6.42 Å². The summed E-state index contributed by atoms with van der Waals surface area (Å²) in [4.78, 5) is 23.4. The van der Waals surface area contributed by atoms with Gasteiger partial charge in [0.1, 0.15) is 0 Å². The van der Waals surface area contributed by atoms with Crippen LogP contribution in [0, 0.1) is 6.92 Å². The van der Waals surface area contributed by atoms with Crippen LogP contribution < -0.4 is 5.32 Å². The number of nitrogens with zero attached hydrogens (tertiary/aromatic N) is 1. The largest absolute Gasteiger partial charge is 0.481 e. The predicted molar refractivity (Wildman–Crippen MR) is 73.2 cm³/mol. The van der Waals surface area contributed by atoms with E-state index in [0.29, 0.717) is 6.54 Å². The van der Waals surface area contributed by atoms with Crippen LogP contribution in [0.3, 0.4) is 0 Å².